The molecule has 1 atom stereocenters. The number of anilines is 1. The predicted molar refractivity (Wildman–Crippen MR) is 86.4 cm³/mol. The molecule has 0 spiro atoms. The Hall–Kier alpha value is -2.32. The van der Waals surface area contributed by atoms with E-state index in [4.69, 9.17) is 14.2 Å². The second-order valence-electron chi connectivity index (χ2n) is 5.63. The first-order chi connectivity index (χ1) is 11.7. The number of carbonyl (C=O) groups is 2. The molecule has 0 aromatic heterocycles. The lowest BCUT2D eigenvalue weighted by Crippen LogP contribution is -2.41. The molecule has 2 aliphatic rings. The van der Waals surface area contributed by atoms with E-state index in [2.05, 4.69) is 16.0 Å². The van der Waals surface area contributed by atoms with Crippen LogP contribution in [0, 0.1) is 0 Å². The second kappa shape index (κ2) is 7.98. The van der Waals surface area contributed by atoms with Crippen molar-refractivity contribution < 1.29 is 23.8 Å². The van der Waals surface area contributed by atoms with E-state index in [9.17, 15) is 9.59 Å². The van der Waals surface area contributed by atoms with Gasteiger partial charge in [-0.05, 0) is 25.0 Å². The molecule has 1 aromatic rings. The number of hydrogen-bond acceptors (Lipinski definition) is 6. The predicted octanol–water partition coefficient (Wildman–Crippen LogP) is 0.874. The standard InChI is InChI=1S/C16H21N3O5/c20-15(10-17-9-12-2-1-5-22-12)19-16(21)18-11-3-4-13-14(8-11)24-7-6-23-13/h3-4,8,12,17H,1-2,5-7,9-10H2,(H2,18,19,20,21)/t12-/m0/s1. The van der Waals surface area contributed by atoms with Crippen LogP contribution in [0.2, 0.25) is 0 Å². The van der Waals surface area contributed by atoms with E-state index < -0.39 is 11.9 Å². The molecule has 2 heterocycles. The number of imide groups is 1. The van der Waals surface area contributed by atoms with E-state index >= 15 is 0 Å². The third-order valence-electron chi connectivity index (χ3n) is 3.73. The zero-order valence-corrected chi connectivity index (χ0v) is 13.3. The fourth-order valence-corrected chi connectivity index (χ4v) is 2.61. The topological polar surface area (TPSA) is 97.9 Å². The molecule has 8 heteroatoms. The summed E-state index contributed by atoms with van der Waals surface area (Å²) in [5.74, 6) is 0.813. The highest BCUT2D eigenvalue weighted by Crippen LogP contribution is 2.32. The summed E-state index contributed by atoms with van der Waals surface area (Å²) in [5, 5.41) is 7.85. The lowest BCUT2D eigenvalue weighted by atomic mass is 10.2. The molecule has 1 aromatic carbocycles. The smallest absolute Gasteiger partial charge is 0.325 e. The van der Waals surface area contributed by atoms with Gasteiger partial charge in [0.1, 0.15) is 13.2 Å². The fraction of sp³-hybridized carbons (Fsp3) is 0.500. The van der Waals surface area contributed by atoms with Crippen LogP contribution < -0.4 is 25.4 Å². The number of amides is 3. The molecule has 8 nitrogen and oxygen atoms in total. The van der Waals surface area contributed by atoms with Crippen molar-refractivity contribution in [2.75, 3.05) is 38.2 Å². The van der Waals surface area contributed by atoms with Crippen molar-refractivity contribution in [1.82, 2.24) is 10.6 Å². The van der Waals surface area contributed by atoms with E-state index in [1.165, 1.54) is 0 Å². The average molecular weight is 335 g/mol. The average Bonchev–Trinajstić information content (AvgIpc) is 3.08. The van der Waals surface area contributed by atoms with Crippen molar-refractivity contribution in [3.63, 3.8) is 0 Å². The van der Waals surface area contributed by atoms with Gasteiger partial charge in [0.05, 0.1) is 12.6 Å². The van der Waals surface area contributed by atoms with E-state index in [0.717, 1.165) is 19.4 Å². The lowest BCUT2D eigenvalue weighted by Gasteiger charge is -2.19. The first kappa shape index (κ1) is 16.5. The zero-order valence-electron chi connectivity index (χ0n) is 13.3. The highest BCUT2D eigenvalue weighted by Gasteiger charge is 2.16. The van der Waals surface area contributed by atoms with Crippen molar-refractivity contribution in [1.29, 1.82) is 0 Å². The maximum Gasteiger partial charge on any atom is 0.325 e. The van der Waals surface area contributed by atoms with Gasteiger partial charge in [-0.1, -0.05) is 0 Å². The molecule has 0 radical (unpaired) electrons. The van der Waals surface area contributed by atoms with Gasteiger partial charge in [-0.2, -0.15) is 0 Å². The molecule has 0 unspecified atom stereocenters. The van der Waals surface area contributed by atoms with Crippen LogP contribution in [0.4, 0.5) is 10.5 Å². The number of carbonyl (C=O) groups excluding carboxylic acids is 2. The van der Waals surface area contributed by atoms with E-state index in [1.807, 2.05) is 0 Å². The number of ether oxygens (including phenoxy) is 3. The molecule has 3 rings (SSSR count). The summed E-state index contributed by atoms with van der Waals surface area (Å²) >= 11 is 0. The molecule has 2 aliphatic heterocycles. The molecule has 3 amide bonds. The summed E-state index contributed by atoms with van der Waals surface area (Å²) in [7, 11) is 0. The maximum atomic E-state index is 11.8. The van der Waals surface area contributed by atoms with Gasteiger partial charge >= 0.3 is 6.03 Å². The molecule has 1 fully saturated rings. The molecule has 1 saturated heterocycles. The zero-order chi connectivity index (χ0) is 16.8. The summed E-state index contributed by atoms with van der Waals surface area (Å²) in [6.45, 7) is 2.42. The minimum Gasteiger partial charge on any atom is -0.486 e. The molecule has 130 valence electrons. The minimum absolute atomic E-state index is 0.0639. The third-order valence-corrected chi connectivity index (χ3v) is 3.73. The summed E-state index contributed by atoms with van der Waals surface area (Å²) < 4.78 is 16.3. The molecule has 0 saturated carbocycles. The van der Waals surface area contributed by atoms with E-state index in [0.29, 0.717) is 36.9 Å². The minimum atomic E-state index is -0.587. The Labute approximate surface area is 139 Å². The van der Waals surface area contributed by atoms with Crippen molar-refractivity contribution in [2.24, 2.45) is 0 Å². The monoisotopic (exact) mass is 335 g/mol. The molecule has 3 N–H and O–H groups in total. The molecule has 0 bridgehead atoms. The van der Waals surface area contributed by atoms with Crippen LogP contribution >= 0.6 is 0 Å². The van der Waals surface area contributed by atoms with Crippen LogP contribution in [-0.2, 0) is 9.53 Å². The number of rotatable bonds is 5. The Morgan fingerprint density at radius 3 is 2.75 bits per heavy atom. The first-order valence-electron chi connectivity index (χ1n) is 8.03. The highest BCUT2D eigenvalue weighted by atomic mass is 16.6. The Kier molecular flexibility index (Phi) is 5.50. The maximum absolute atomic E-state index is 11.8. The van der Waals surface area contributed by atoms with Gasteiger partial charge in [-0.25, -0.2) is 4.79 Å². The largest absolute Gasteiger partial charge is 0.486 e. The Balaban J connectivity index is 1.40. The van der Waals surface area contributed by atoms with Crippen LogP contribution in [0.25, 0.3) is 0 Å². The van der Waals surface area contributed by atoms with Crippen molar-refractivity contribution in [3.8, 4) is 11.5 Å². The molecule has 24 heavy (non-hydrogen) atoms. The van der Waals surface area contributed by atoms with E-state index in [-0.39, 0.29) is 12.6 Å². The Morgan fingerprint density at radius 2 is 1.96 bits per heavy atom. The van der Waals surface area contributed by atoms with E-state index in [1.54, 1.807) is 18.2 Å². The number of hydrogen-bond donors (Lipinski definition) is 3. The molecular weight excluding hydrogens is 314 g/mol. The molecule has 0 aliphatic carbocycles. The third kappa shape index (κ3) is 4.59. The van der Waals surface area contributed by atoms with Gasteiger partial charge in [-0.15, -0.1) is 0 Å². The van der Waals surface area contributed by atoms with Crippen LogP contribution in [0.1, 0.15) is 12.8 Å². The van der Waals surface area contributed by atoms with Crippen molar-refractivity contribution in [3.05, 3.63) is 18.2 Å². The van der Waals surface area contributed by atoms with Crippen molar-refractivity contribution >= 4 is 17.6 Å². The van der Waals surface area contributed by atoms with Gasteiger partial charge < -0.3 is 24.8 Å². The van der Waals surface area contributed by atoms with Crippen LogP contribution in [0.3, 0.4) is 0 Å². The van der Waals surface area contributed by atoms with Crippen molar-refractivity contribution in [2.45, 2.75) is 18.9 Å². The summed E-state index contributed by atoms with van der Waals surface area (Å²) in [6.07, 6.45) is 2.21. The number of fused-ring (bicyclic) bond motifs is 1. The highest BCUT2D eigenvalue weighted by molar-refractivity contribution is 6.01. The number of benzene rings is 1. The normalized spacial score (nSPS) is 18.9. The van der Waals surface area contributed by atoms with Gasteiger partial charge in [0.25, 0.3) is 0 Å². The quantitative estimate of drug-likeness (QED) is 0.739. The van der Waals surface area contributed by atoms with Crippen LogP contribution in [0.5, 0.6) is 11.5 Å². The molecular formula is C16H21N3O5. The first-order valence-corrected chi connectivity index (χ1v) is 8.03. The summed E-state index contributed by atoms with van der Waals surface area (Å²) in [6, 6.07) is 4.48. The lowest BCUT2D eigenvalue weighted by molar-refractivity contribution is -0.119. The van der Waals surface area contributed by atoms with Crippen LogP contribution in [0.15, 0.2) is 18.2 Å². The number of urea groups is 1. The fourth-order valence-electron chi connectivity index (χ4n) is 2.61. The summed E-state index contributed by atoms with van der Waals surface area (Å²) in [5.41, 5.74) is 0.525. The van der Waals surface area contributed by atoms with Gasteiger partial charge in [-0.3, -0.25) is 10.1 Å². The SMILES string of the molecule is O=C(CNC[C@@H]1CCCO1)NC(=O)Nc1ccc2c(c1)OCCO2. The van der Waals surface area contributed by atoms with Crippen LogP contribution in [-0.4, -0.2) is 51.0 Å². The summed E-state index contributed by atoms with van der Waals surface area (Å²) in [4.78, 5) is 23.6. The van der Waals surface area contributed by atoms with Gasteiger partial charge in [0, 0.05) is 24.9 Å². The number of nitrogens with one attached hydrogen (secondary N) is 3. The Bertz CT molecular complexity index is 601. The second-order valence-corrected chi connectivity index (χ2v) is 5.63. The van der Waals surface area contributed by atoms with Gasteiger partial charge in [0.2, 0.25) is 5.91 Å². The van der Waals surface area contributed by atoms with Gasteiger partial charge in [0.15, 0.2) is 11.5 Å². The Morgan fingerprint density at radius 1 is 1.12 bits per heavy atom.